The van der Waals surface area contributed by atoms with Gasteiger partial charge in [-0.25, -0.2) is 12.2 Å². The number of hydrogen-bond donors (Lipinski definition) is 0. The number of halogens is 3. The van der Waals surface area contributed by atoms with Crippen molar-refractivity contribution in [2.45, 2.75) is 6.42 Å². The molecule has 11 heavy (non-hydrogen) atoms. The molecule has 1 radical (unpaired) electrons. The van der Waals surface area contributed by atoms with Gasteiger partial charge in [0.1, 0.15) is 0 Å². The number of hydrogen-bond acceptors (Lipinski definition) is 0. The molecule has 0 aromatic rings. The summed E-state index contributed by atoms with van der Waals surface area (Å²) in [6.07, 6.45) is 10.0. The van der Waals surface area contributed by atoms with Gasteiger partial charge < -0.3 is 14.9 Å². The van der Waals surface area contributed by atoms with Crippen LogP contribution in [0.2, 0.25) is 0 Å². The van der Waals surface area contributed by atoms with Crippen LogP contribution in [0.5, 0.6) is 0 Å². The van der Waals surface area contributed by atoms with E-state index >= 15 is 0 Å². The second kappa shape index (κ2) is 30.5. The van der Waals surface area contributed by atoms with Gasteiger partial charge in [-0.05, 0) is 0 Å². The first-order valence-corrected chi connectivity index (χ1v) is 1.72. The van der Waals surface area contributed by atoms with E-state index < -0.39 is 0 Å². The molecule has 67 valence electrons. The molecular weight excluding hydrogens is 238 g/mol. The molecule has 0 aliphatic heterocycles. The monoisotopic (exact) mass is 251 g/mol. The zero-order valence-corrected chi connectivity index (χ0v) is 10.7. The molecule has 4 heteroatoms. The Labute approximate surface area is 104 Å². The van der Waals surface area contributed by atoms with E-state index in [2.05, 4.69) is 12.2 Å². The van der Waals surface area contributed by atoms with Crippen molar-refractivity contribution in [2.24, 2.45) is 0 Å². The number of allylic oxidation sites excluding steroid dienone is 4. The minimum absolute atomic E-state index is 0. The smallest absolute Gasteiger partial charge is 0.358 e. The molecular formula is C7H14Cl3Ti. The minimum Gasteiger partial charge on any atom is -0.358 e. The van der Waals surface area contributed by atoms with Gasteiger partial charge in [0.25, 0.3) is 0 Å². The summed E-state index contributed by atoms with van der Waals surface area (Å²) in [6, 6.07) is 0. The molecule has 0 aromatic carbocycles. The molecule has 0 fully saturated rings. The molecule has 0 heterocycles. The van der Waals surface area contributed by atoms with E-state index in [-0.39, 0.29) is 73.8 Å². The quantitative estimate of drug-likeness (QED) is 0.457. The molecule has 0 aromatic heterocycles. The Bertz CT molecular complexity index is 71.8. The van der Waals surface area contributed by atoms with Crippen LogP contribution in [-0.2, 0) is 21.7 Å². The fourth-order valence-electron chi connectivity index (χ4n) is 0.340. The number of rotatable bonds is 0. The van der Waals surface area contributed by atoms with Gasteiger partial charge in [0.15, 0.2) is 0 Å². The van der Waals surface area contributed by atoms with E-state index in [1.807, 2.05) is 12.2 Å². The van der Waals surface area contributed by atoms with Gasteiger partial charge in [-0.2, -0.15) is 6.08 Å². The molecule has 1 aliphatic carbocycles. The summed E-state index contributed by atoms with van der Waals surface area (Å²) in [5.41, 5.74) is 0. The van der Waals surface area contributed by atoms with Crippen LogP contribution >= 0.6 is 37.2 Å². The average Bonchev–Trinajstić information content (AvgIpc) is 1.76. The predicted octanol–water partition coefficient (Wildman–Crippen LogP) is 3.47. The van der Waals surface area contributed by atoms with E-state index in [0.29, 0.717) is 0 Å². The summed E-state index contributed by atoms with van der Waals surface area (Å²) < 4.78 is 0. The van der Waals surface area contributed by atoms with Crippen LogP contribution in [-0.4, -0.2) is 0 Å². The van der Waals surface area contributed by atoms with E-state index in [1.54, 1.807) is 0 Å². The SMILES string of the molecule is Cl.Cl.Cl.[C-]1=CC=CC1.[CH3-].[CH3-].[Ti+3]. The summed E-state index contributed by atoms with van der Waals surface area (Å²) in [5, 5.41) is 0. The third-order valence-corrected chi connectivity index (χ3v) is 0.586. The summed E-state index contributed by atoms with van der Waals surface area (Å²) >= 11 is 0. The molecule has 0 atom stereocenters. The van der Waals surface area contributed by atoms with Crippen molar-refractivity contribution in [1.29, 1.82) is 0 Å². The standard InChI is InChI=1S/C5H5.2CH3.3ClH.Ti/c1-2-4-5-3-1;;;;;;/h1-3H,4H2;2*1H3;3*1H;/q3*-1;;;;+3. The van der Waals surface area contributed by atoms with Gasteiger partial charge in [-0.3, -0.25) is 6.08 Å². The second-order valence-corrected chi connectivity index (χ2v) is 1.00. The van der Waals surface area contributed by atoms with E-state index in [0.717, 1.165) is 6.42 Å². The van der Waals surface area contributed by atoms with Gasteiger partial charge in [0.2, 0.25) is 0 Å². The normalized spacial score (nSPS) is 8.00. The first-order chi connectivity index (χ1) is 2.50. The topological polar surface area (TPSA) is 0 Å². The van der Waals surface area contributed by atoms with Gasteiger partial charge in [0, 0.05) is 0 Å². The summed E-state index contributed by atoms with van der Waals surface area (Å²) in [6.45, 7) is 0. The third-order valence-electron chi connectivity index (χ3n) is 0.586. The molecule has 0 saturated carbocycles. The maximum absolute atomic E-state index is 2.99. The first kappa shape index (κ1) is 40.2. The Kier molecular flexibility index (Phi) is 111. The van der Waals surface area contributed by atoms with Crippen molar-refractivity contribution < 1.29 is 21.7 Å². The third kappa shape index (κ3) is 24.7. The molecule has 0 spiro atoms. The van der Waals surface area contributed by atoms with E-state index in [9.17, 15) is 0 Å². The summed E-state index contributed by atoms with van der Waals surface area (Å²) in [4.78, 5) is 0. The van der Waals surface area contributed by atoms with Crippen molar-refractivity contribution in [2.75, 3.05) is 0 Å². The Morgan fingerprint density at radius 1 is 1.00 bits per heavy atom. The average molecular weight is 252 g/mol. The van der Waals surface area contributed by atoms with Gasteiger partial charge >= 0.3 is 21.7 Å². The van der Waals surface area contributed by atoms with Gasteiger partial charge in [-0.1, -0.05) is 0 Å². The fraction of sp³-hybridized carbons (Fsp3) is 0.143. The van der Waals surface area contributed by atoms with Crippen LogP contribution in [0.15, 0.2) is 18.2 Å². The van der Waals surface area contributed by atoms with Crippen molar-refractivity contribution in [3.05, 3.63) is 39.2 Å². The molecule has 0 N–H and O–H groups in total. The molecule has 1 rings (SSSR count). The van der Waals surface area contributed by atoms with Crippen LogP contribution in [0.4, 0.5) is 0 Å². The molecule has 0 saturated heterocycles. The minimum atomic E-state index is 0. The maximum Gasteiger partial charge on any atom is 3.00 e. The second-order valence-electron chi connectivity index (χ2n) is 1.00. The van der Waals surface area contributed by atoms with Gasteiger partial charge in [-0.15, -0.1) is 43.6 Å². The molecule has 0 unspecified atom stereocenters. The van der Waals surface area contributed by atoms with Crippen LogP contribution in [0.1, 0.15) is 6.42 Å². The van der Waals surface area contributed by atoms with Crippen LogP contribution in [0.25, 0.3) is 0 Å². The molecule has 0 amide bonds. The largest absolute Gasteiger partial charge is 3.00 e. The Morgan fingerprint density at radius 2 is 1.45 bits per heavy atom. The van der Waals surface area contributed by atoms with Crippen LogP contribution in [0.3, 0.4) is 0 Å². The Morgan fingerprint density at radius 3 is 1.55 bits per heavy atom. The Balaban J connectivity index is -0.0000000104. The van der Waals surface area contributed by atoms with E-state index in [1.165, 1.54) is 0 Å². The molecule has 0 bridgehead atoms. The molecule has 0 nitrogen and oxygen atoms in total. The predicted molar refractivity (Wildman–Crippen MR) is 56.1 cm³/mol. The zero-order chi connectivity index (χ0) is 3.54. The van der Waals surface area contributed by atoms with E-state index in [4.69, 9.17) is 0 Å². The maximum atomic E-state index is 2.99. The zero-order valence-electron chi connectivity index (χ0n) is 6.66. The fourth-order valence-corrected chi connectivity index (χ4v) is 0.340. The van der Waals surface area contributed by atoms with Crippen molar-refractivity contribution in [1.82, 2.24) is 0 Å². The summed E-state index contributed by atoms with van der Waals surface area (Å²) in [5.74, 6) is 0. The van der Waals surface area contributed by atoms with Gasteiger partial charge in [0.05, 0.1) is 0 Å². The Hall–Kier alpha value is 1.06. The molecule has 1 aliphatic rings. The van der Waals surface area contributed by atoms with Crippen molar-refractivity contribution in [3.8, 4) is 0 Å². The van der Waals surface area contributed by atoms with Crippen molar-refractivity contribution >= 4 is 37.2 Å². The first-order valence-electron chi connectivity index (χ1n) is 1.72. The van der Waals surface area contributed by atoms with Crippen molar-refractivity contribution in [3.63, 3.8) is 0 Å². The van der Waals surface area contributed by atoms with Crippen LogP contribution < -0.4 is 0 Å². The van der Waals surface area contributed by atoms with Crippen LogP contribution in [0, 0.1) is 20.9 Å². The summed E-state index contributed by atoms with van der Waals surface area (Å²) in [7, 11) is 0.